The van der Waals surface area contributed by atoms with Gasteiger partial charge in [0, 0.05) is 42.2 Å². The second kappa shape index (κ2) is 19.3. The number of rotatable bonds is 21. The van der Waals surface area contributed by atoms with Gasteiger partial charge in [-0.25, -0.2) is 4.98 Å². The number of hydrogen-bond donors (Lipinski definition) is 6. The maximum absolute atomic E-state index is 13.2. The number of carbonyl (C=O) groups is 6. The number of piperidine rings is 1. The maximum Gasteiger partial charge on any atom is 0.266 e. The van der Waals surface area contributed by atoms with Gasteiger partial charge in [0.2, 0.25) is 17.7 Å². The number of amides is 6. The zero-order valence-corrected chi connectivity index (χ0v) is 31.1. The Balaban J connectivity index is 0.802. The van der Waals surface area contributed by atoms with Crippen LogP contribution >= 0.6 is 0 Å². The smallest absolute Gasteiger partial charge is 0.266 e. The lowest BCUT2D eigenvalue weighted by Gasteiger charge is -2.27. The fourth-order valence-corrected chi connectivity index (χ4v) is 6.04. The zero-order valence-electron chi connectivity index (χ0n) is 31.1. The molecule has 1 unspecified atom stereocenters. The molecule has 304 valence electrons. The average Bonchev–Trinajstić information content (AvgIpc) is 3.74. The first-order chi connectivity index (χ1) is 28.1. The molecule has 0 aliphatic carbocycles. The van der Waals surface area contributed by atoms with Crippen LogP contribution in [-0.2, 0) is 28.6 Å². The number of carbonyl (C=O) groups excluding carboxylic acids is 6. The van der Waals surface area contributed by atoms with Crippen molar-refractivity contribution in [2.24, 2.45) is 5.73 Å². The second-order valence-electron chi connectivity index (χ2n) is 12.8. The quantitative estimate of drug-likeness (QED) is 0.0388. The summed E-state index contributed by atoms with van der Waals surface area (Å²) in [4.78, 5) is 79.6. The standard InChI is InChI=1S/C38H41N9O11/c39-23-6-4-22(5-7-23)33-32(34(40)50)35(46-45-33)43-24-10-11-42-30(20-24)57-19-18-56-17-16-55-15-14-54-13-12-41-29(49)21-58-27-3-1-2-25-31(27)38(53)47(37(25)52)26-8-9-28(48)44-36(26)51/h1-7,10-11,20,26H,8-9,12-19,21,39H2,(H2,40,50)(H,41,49)(H,44,48,51)(H2,42,43,45,46). The van der Waals surface area contributed by atoms with Gasteiger partial charge in [-0.3, -0.25) is 44.1 Å². The van der Waals surface area contributed by atoms with Crippen LogP contribution in [0.4, 0.5) is 17.2 Å². The number of fused-ring (bicyclic) bond motifs is 1. The third-order valence-corrected chi connectivity index (χ3v) is 8.79. The van der Waals surface area contributed by atoms with Crippen LogP contribution in [0.5, 0.6) is 11.6 Å². The number of ether oxygens (including phenoxy) is 5. The molecule has 2 aromatic heterocycles. The van der Waals surface area contributed by atoms with Crippen LogP contribution in [-0.4, -0.2) is 121 Å². The number of nitrogens with two attached hydrogens (primary N) is 2. The van der Waals surface area contributed by atoms with Gasteiger partial charge in [0.05, 0.1) is 56.5 Å². The molecule has 4 heterocycles. The lowest BCUT2D eigenvalue weighted by Crippen LogP contribution is -2.54. The van der Waals surface area contributed by atoms with E-state index in [-0.39, 0.29) is 74.1 Å². The van der Waals surface area contributed by atoms with E-state index in [2.05, 4.69) is 31.1 Å². The van der Waals surface area contributed by atoms with Crippen molar-refractivity contribution in [3.05, 3.63) is 77.5 Å². The van der Waals surface area contributed by atoms with Gasteiger partial charge in [-0.2, -0.15) is 5.10 Å². The van der Waals surface area contributed by atoms with E-state index in [0.717, 1.165) is 4.90 Å². The first-order valence-electron chi connectivity index (χ1n) is 18.2. The number of nitrogens with one attached hydrogen (secondary N) is 4. The highest BCUT2D eigenvalue weighted by molar-refractivity contribution is 6.24. The minimum Gasteiger partial charge on any atom is -0.483 e. The normalized spacial score (nSPS) is 14.9. The number of H-pyrrole nitrogens is 1. The summed E-state index contributed by atoms with van der Waals surface area (Å²) < 4.78 is 27.8. The summed E-state index contributed by atoms with van der Waals surface area (Å²) in [5.74, 6) is -3.12. The minimum atomic E-state index is -1.11. The van der Waals surface area contributed by atoms with Gasteiger partial charge in [0.15, 0.2) is 12.4 Å². The van der Waals surface area contributed by atoms with Crippen LogP contribution in [0.25, 0.3) is 11.3 Å². The Morgan fingerprint density at radius 2 is 1.60 bits per heavy atom. The molecule has 2 aliphatic heterocycles. The molecule has 6 rings (SSSR count). The van der Waals surface area contributed by atoms with E-state index >= 15 is 0 Å². The summed E-state index contributed by atoms with van der Waals surface area (Å²) in [6.07, 6.45) is 1.57. The molecule has 58 heavy (non-hydrogen) atoms. The molecule has 2 aliphatic rings. The number of nitrogens with zero attached hydrogens (tertiary/aromatic N) is 3. The maximum atomic E-state index is 13.2. The minimum absolute atomic E-state index is 0.000257. The van der Waals surface area contributed by atoms with Crippen molar-refractivity contribution in [3.63, 3.8) is 0 Å². The van der Waals surface area contributed by atoms with E-state index < -0.39 is 48.1 Å². The fraction of sp³-hybridized carbons (Fsp3) is 0.316. The highest BCUT2D eigenvalue weighted by Gasteiger charge is 2.46. The SMILES string of the molecule is NC(=O)c1c(Nc2ccnc(OCCOCCOCCOCCNC(=O)COc3cccc4c3C(=O)N(C3CCC(=O)NC3=O)C4=O)c2)n[nH]c1-c1ccc(N)cc1. The van der Waals surface area contributed by atoms with Crippen LogP contribution in [0.2, 0.25) is 0 Å². The topological polar surface area (TPSA) is 282 Å². The number of hydrogen-bond acceptors (Lipinski definition) is 15. The molecular weight excluding hydrogens is 758 g/mol. The van der Waals surface area contributed by atoms with Crippen molar-refractivity contribution in [3.8, 4) is 22.9 Å². The summed E-state index contributed by atoms with van der Waals surface area (Å²) in [7, 11) is 0. The molecular formula is C38H41N9O11. The lowest BCUT2D eigenvalue weighted by molar-refractivity contribution is -0.136. The third kappa shape index (κ3) is 10.1. The molecule has 6 amide bonds. The molecule has 1 atom stereocenters. The molecule has 20 nitrogen and oxygen atoms in total. The van der Waals surface area contributed by atoms with Crippen LogP contribution in [0.15, 0.2) is 60.8 Å². The van der Waals surface area contributed by atoms with Crippen molar-refractivity contribution < 1.29 is 52.5 Å². The first-order valence-corrected chi connectivity index (χ1v) is 18.2. The van der Waals surface area contributed by atoms with Gasteiger partial charge in [0.25, 0.3) is 23.6 Å². The Bertz CT molecular complexity index is 2160. The van der Waals surface area contributed by atoms with Crippen molar-refractivity contribution in [1.29, 1.82) is 0 Å². The number of pyridine rings is 1. The number of primary amides is 1. The summed E-state index contributed by atoms with van der Waals surface area (Å²) >= 11 is 0. The molecule has 1 saturated heterocycles. The summed E-state index contributed by atoms with van der Waals surface area (Å²) in [6, 6.07) is 13.6. The van der Waals surface area contributed by atoms with Gasteiger partial charge in [-0.1, -0.05) is 18.2 Å². The van der Waals surface area contributed by atoms with E-state index in [1.54, 1.807) is 42.6 Å². The Morgan fingerprint density at radius 3 is 2.33 bits per heavy atom. The lowest BCUT2D eigenvalue weighted by atomic mass is 10.0. The molecule has 2 aromatic carbocycles. The van der Waals surface area contributed by atoms with E-state index in [1.807, 2.05) is 0 Å². The highest BCUT2D eigenvalue weighted by Crippen LogP contribution is 2.34. The Morgan fingerprint density at radius 1 is 0.879 bits per heavy atom. The molecule has 4 aromatic rings. The Labute approximate surface area is 330 Å². The van der Waals surface area contributed by atoms with Gasteiger partial charge in [0.1, 0.15) is 24.0 Å². The van der Waals surface area contributed by atoms with Gasteiger partial charge in [-0.05, 0) is 36.8 Å². The molecule has 0 saturated carbocycles. The highest BCUT2D eigenvalue weighted by atomic mass is 16.6. The Kier molecular flexibility index (Phi) is 13.6. The van der Waals surface area contributed by atoms with Gasteiger partial charge in [-0.15, -0.1) is 0 Å². The largest absolute Gasteiger partial charge is 0.483 e. The van der Waals surface area contributed by atoms with Crippen LogP contribution in [0.3, 0.4) is 0 Å². The molecule has 0 bridgehead atoms. The van der Waals surface area contributed by atoms with Crippen molar-refractivity contribution in [2.75, 3.05) is 70.5 Å². The summed E-state index contributed by atoms with van der Waals surface area (Å²) in [6.45, 7) is 1.70. The molecule has 20 heteroatoms. The van der Waals surface area contributed by atoms with Crippen molar-refractivity contribution in [1.82, 2.24) is 30.7 Å². The third-order valence-electron chi connectivity index (χ3n) is 8.79. The van der Waals surface area contributed by atoms with Crippen molar-refractivity contribution in [2.45, 2.75) is 18.9 Å². The zero-order chi connectivity index (χ0) is 41.0. The number of imide groups is 2. The monoisotopic (exact) mass is 799 g/mol. The number of nitrogen functional groups attached to an aromatic ring is 1. The van der Waals surface area contributed by atoms with Crippen LogP contribution in [0, 0.1) is 0 Å². The summed E-state index contributed by atoms with van der Waals surface area (Å²) in [5.41, 5.74) is 13.9. The van der Waals surface area contributed by atoms with E-state index in [1.165, 1.54) is 18.2 Å². The van der Waals surface area contributed by atoms with E-state index in [4.69, 9.17) is 35.2 Å². The predicted octanol–water partition coefficient (Wildman–Crippen LogP) is 0.921. The number of aromatic nitrogens is 3. The summed E-state index contributed by atoms with van der Waals surface area (Å²) in [5, 5.41) is 14.9. The molecule has 0 spiro atoms. The van der Waals surface area contributed by atoms with Gasteiger partial charge < -0.3 is 45.8 Å². The number of aromatic amines is 1. The van der Waals surface area contributed by atoms with E-state index in [9.17, 15) is 28.8 Å². The molecule has 0 radical (unpaired) electrons. The number of anilines is 3. The first kappa shape index (κ1) is 40.8. The predicted molar refractivity (Wildman–Crippen MR) is 204 cm³/mol. The number of benzene rings is 2. The molecule has 8 N–H and O–H groups in total. The second-order valence-corrected chi connectivity index (χ2v) is 12.8. The van der Waals surface area contributed by atoms with Crippen LogP contribution in [0.1, 0.15) is 43.9 Å². The molecule has 1 fully saturated rings. The van der Waals surface area contributed by atoms with Crippen molar-refractivity contribution >= 4 is 52.6 Å². The Hall–Kier alpha value is -6.90. The fourth-order valence-electron chi connectivity index (χ4n) is 6.04. The van der Waals surface area contributed by atoms with Crippen LogP contribution < -0.4 is 36.9 Å². The van der Waals surface area contributed by atoms with Gasteiger partial charge >= 0.3 is 0 Å². The van der Waals surface area contributed by atoms with E-state index in [0.29, 0.717) is 48.3 Å². The average molecular weight is 800 g/mol.